The first-order valence-corrected chi connectivity index (χ1v) is 6.45. The number of fused-ring (bicyclic) bond motifs is 1. The van der Waals surface area contributed by atoms with Crippen LogP contribution in [0.5, 0.6) is 11.6 Å². The van der Waals surface area contributed by atoms with E-state index >= 15 is 0 Å². The maximum absolute atomic E-state index is 11.2. The zero-order valence-electron chi connectivity index (χ0n) is 11.3. The van der Waals surface area contributed by atoms with Crippen LogP contribution in [0, 0.1) is 10.1 Å². The summed E-state index contributed by atoms with van der Waals surface area (Å²) < 4.78 is 5.43. The number of aromatic hydroxyl groups is 1. The topological polar surface area (TPSA) is 98.4 Å². The summed E-state index contributed by atoms with van der Waals surface area (Å²) in [5.74, 6) is -0.773. The lowest BCUT2D eigenvalue weighted by Gasteiger charge is -2.08. The number of ether oxygens (including phenoxy) is 1. The first kappa shape index (κ1) is 13.7. The SMILES string of the molecule is O=[N+]([O-])c1c(OCc2ccccc2)nc2cccnc2c1O. The number of rotatable bonds is 4. The predicted molar refractivity (Wildman–Crippen MR) is 78.6 cm³/mol. The Morgan fingerprint density at radius 1 is 1.18 bits per heavy atom. The van der Waals surface area contributed by atoms with Gasteiger partial charge in [0, 0.05) is 6.20 Å². The van der Waals surface area contributed by atoms with Gasteiger partial charge in [-0.2, -0.15) is 0 Å². The van der Waals surface area contributed by atoms with Gasteiger partial charge in [-0.05, 0) is 17.7 Å². The molecule has 3 rings (SSSR count). The quantitative estimate of drug-likeness (QED) is 0.587. The molecule has 7 heteroatoms. The molecule has 0 aliphatic heterocycles. The van der Waals surface area contributed by atoms with Crippen LogP contribution in [0.15, 0.2) is 48.7 Å². The van der Waals surface area contributed by atoms with Gasteiger partial charge in [-0.15, -0.1) is 0 Å². The van der Waals surface area contributed by atoms with Gasteiger partial charge in [0.15, 0.2) is 0 Å². The average molecular weight is 297 g/mol. The van der Waals surface area contributed by atoms with Crippen LogP contribution in [0.4, 0.5) is 5.69 Å². The molecular weight excluding hydrogens is 286 g/mol. The van der Waals surface area contributed by atoms with Crippen LogP contribution in [0.3, 0.4) is 0 Å². The molecule has 0 fully saturated rings. The highest BCUT2D eigenvalue weighted by atomic mass is 16.6. The molecule has 0 saturated heterocycles. The minimum atomic E-state index is -0.725. The van der Waals surface area contributed by atoms with Crippen molar-refractivity contribution in [3.8, 4) is 11.6 Å². The fraction of sp³-hybridized carbons (Fsp3) is 0.0667. The van der Waals surface area contributed by atoms with Gasteiger partial charge >= 0.3 is 5.69 Å². The Morgan fingerprint density at radius 3 is 2.68 bits per heavy atom. The first-order chi connectivity index (χ1) is 10.7. The molecule has 7 nitrogen and oxygen atoms in total. The third-order valence-corrected chi connectivity index (χ3v) is 3.06. The van der Waals surface area contributed by atoms with Gasteiger partial charge in [0.2, 0.25) is 5.75 Å². The van der Waals surface area contributed by atoms with Crippen molar-refractivity contribution in [2.24, 2.45) is 0 Å². The number of hydrogen-bond donors (Lipinski definition) is 1. The highest BCUT2D eigenvalue weighted by Crippen LogP contribution is 2.39. The average Bonchev–Trinajstić information content (AvgIpc) is 2.53. The van der Waals surface area contributed by atoms with E-state index in [0.717, 1.165) is 5.56 Å². The van der Waals surface area contributed by atoms with E-state index in [1.807, 2.05) is 30.3 Å². The van der Waals surface area contributed by atoms with Crippen molar-refractivity contribution in [1.82, 2.24) is 9.97 Å². The molecule has 0 unspecified atom stereocenters. The zero-order chi connectivity index (χ0) is 15.5. The second-order valence-electron chi connectivity index (χ2n) is 4.52. The van der Waals surface area contributed by atoms with E-state index in [-0.39, 0.29) is 18.0 Å². The van der Waals surface area contributed by atoms with E-state index in [1.165, 1.54) is 6.20 Å². The molecule has 0 aliphatic carbocycles. The summed E-state index contributed by atoms with van der Waals surface area (Å²) in [5.41, 5.74) is 0.654. The second kappa shape index (κ2) is 5.65. The van der Waals surface area contributed by atoms with Crippen LogP contribution < -0.4 is 4.74 Å². The summed E-state index contributed by atoms with van der Waals surface area (Å²) in [6.07, 6.45) is 1.43. The van der Waals surface area contributed by atoms with Gasteiger partial charge in [0.1, 0.15) is 12.1 Å². The number of benzene rings is 1. The van der Waals surface area contributed by atoms with E-state index in [0.29, 0.717) is 5.52 Å². The maximum atomic E-state index is 11.2. The summed E-state index contributed by atoms with van der Waals surface area (Å²) in [5, 5.41) is 21.3. The van der Waals surface area contributed by atoms with Crippen LogP contribution in [0.25, 0.3) is 11.0 Å². The van der Waals surface area contributed by atoms with Crippen LogP contribution in [0.1, 0.15) is 5.56 Å². The van der Waals surface area contributed by atoms with Crippen LogP contribution in [0.2, 0.25) is 0 Å². The van der Waals surface area contributed by atoms with E-state index in [1.54, 1.807) is 12.1 Å². The predicted octanol–water partition coefficient (Wildman–Crippen LogP) is 2.82. The molecule has 22 heavy (non-hydrogen) atoms. The molecule has 1 N–H and O–H groups in total. The number of nitro groups is 1. The molecule has 0 spiro atoms. The van der Waals surface area contributed by atoms with Crippen molar-refractivity contribution in [1.29, 1.82) is 0 Å². The molecule has 110 valence electrons. The molecule has 0 amide bonds. The summed E-state index contributed by atoms with van der Waals surface area (Å²) in [7, 11) is 0. The van der Waals surface area contributed by atoms with Gasteiger partial charge in [-0.3, -0.25) is 15.1 Å². The molecule has 3 aromatic rings. The highest BCUT2D eigenvalue weighted by Gasteiger charge is 2.26. The lowest BCUT2D eigenvalue weighted by molar-refractivity contribution is -0.387. The normalized spacial score (nSPS) is 10.5. The number of pyridine rings is 2. The largest absolute Gasteiger partial charge is 0.500 e. The number of nitrogens with zero attached hydrogens (tertiary/aromatic N) is 3. The summed E-state index contributed by atoms with van der Waals surface area (Å²) >= 11 is 0. The van der Waals surface area contributed by atoms with E-state index < -0.39 is 16.4 Å². The van der Waals surface area contributed by atoms with Gasteiger partial charge < -0.3 is 9.84 Å². The van der Waals surface area contributed by atoms with E-state index in [4.69, 9.17) is 4.74 Å². The van der Waals surface area contributed by atoms with Gasteiger partial charge in [-0.1, -0.05) is 30.3 Å². The maximum Gasteiger partial charge on any atom is 0.374 e. The van der Waals surface area contributed by atoms with Gasteiger partial charge in [-0.25, -0.2) is 4.98 Å². The number of hydrogen-bond acceptors (Lipinski definition) is 6. The molecule has 0 atom stereocenters. The van der Waals surface area contributed by atoms with E-state index in [9.17, 15) is 15.2 Å². The zero-order valence-corrected chi connectivity index (χ0v) is 11.3. The van der Waals surface area contributed by atoms with Crippen LogP contribution in [-0.2, 0) is 6.61 Å². The molecule has 2 aromatic heterocycles. The minimum absolute atomic E-state index is 0.0706. The third kappa shape index (κ3) is 2.51. The standard InChI is InChI=1S/C15H11N3O4/c19-14-12-11(7-4-8-16-12)17-15(13(14)18(20)21)22-9-10-5-2-1-3-6-10/h1-8H,9H2,(H,17,19). The van der Waals surface area contributed by atoms with Crippen LogP contribution in [-0.4, -0.2) is 20.0 Å². The lowest BCUT2D eigenvalue weighted by atomic mass is 10.2. The fourth-order valence-electron chi connectivity index (χ4n) is 2.04. The Balaban J connectivity index is 2.04. The highest BCUT2D eigenvalue weighted by molar-refractivity contribution is 5.86. The summed E-state index contributed by atoms with van der Waals surface area (Å²) in [4.78, 5) is 18.5. The molecule has 2 heterocycles. The lowest BCUT2D eigenvalue weighted by Crippen LogP contribution is -2.02. The monoisotopic (exact) mass is 297 g/mol. The van der Waals surface area contributed by atoms with Crippen molar-refractivity contribution in [3.63, 3.8) is 0 Å². The molecular formula is C15H11N3O4. The Bertz CT molecular complexity index is 837. The first-order valence-electron chi connectivity index (χ1n) is 6.45. The van der Waals surface area contributed by atoms with Crippen molar-refractivity contribution < 1.29 is 14.8 Å². The minimum Gasteiger partial charge on any atom is -0.500 e. The van der Waals surface area contributed by atoms with E-state index in [2.05, 4.69) is 9.97 Å². The van der Waals surface area contributed by atoms with Gasteiger partial charge in [0.05, 0.1) is 10.4 Å². The molecule has 0 radical (unpaired) electrons. The fourth-order valence-corrected chi connectivity index (χ4v) is 2.04. The van der Waals surface area contributed by atoms with Crippen molar-refractivity contribution >= 4 is 16.7 Å². The summed E-state index contributed by atoms with van der Waals surface area (Å²) in [6, 6.07) is 12.4. The Morgan fingerprint density at radius 2 is 1.95 bits per heavy atom. The van der Waals surface area contributed by atoms with Crippen molar-refractivity contribution in [2.75, 3.05) is 0 Å². The Labute approximate surface area is 125 Å². The second-order valence-corrected chi connectivity index (χ2v) is 4.52. The van der Waals surface area contributed by atoms with Crippen LogP contribution >= 0.6 is 0 Å². The molecule has 0 bridgehead atoms. The Hall–Kier alpha value is -3.22. The summed E-state index contributed by atoms with van der Waals surface area (Å²) in [6.45, 7) is 0.111. The third-order valence-electron chi connectivity index (χ3n) is 3.06. The molecule has 1 aromatic carbocycles. The smallest absolute Gasteiger partial charge is 0.374 e. The van der Waals surface area contributed by atoms with Gasteiger partial charge in [0.25, 0.3) is 5.88 Å². The molecule has 0 aliphatic rings. The number of aromatic nitrogens is 2. The molecule has 0 saturated carbocycles. The Kier molecular flexibility index (Phi) is 3.53. The van der Waals surface area contributed by atoms with Crippen molar-refractivity contribution in [3.05, 3.63) is 64.3 Å². The van der Waals surface area contributed by atoms with Crippen molar-refractivity contribution in [2.45, 2.75) is 6.61 Å².